The number of ether oxygens (including phenoxy) is 2. The Morgan fingerprint density at radius 3 is 2.69 bits per heavy atom. The molecule has 0 bridgehead atoms. The first-order chi connectivity index (χ1) is 13.9. The first kappa shape index (κ1) is 20.3. The van der Waals surface area contributed by atoms with Crippen LogP contribution in [0.25, 0.3) is 0 Å². The zero-order valence-electron chi connectivity index (χ0n) is 16.0. The lowest BCUT2D eigenvalue weighted by molar-refractivity contribution is 0.102. The second-order valence-corrected chi connectivity index (χ2v) is 6.71. The van der Waals surface area contributed by atoms with Crippen LogP contribution < -0.4 is 20.3 Å². The van der Waals surface area contributed by atoms with E-state index in [-0.39, 0.29) is 28.7 Å². The number of nitrogens with one attached hydrogen (secondary N) is 1. The largest absolute Gasteiger partial charge is 0.493 e. The minimum absolute atomic E-state index is 0.0109. The summed E-state index contributed by atoms with van der Waals surface area (Å²) in [5, 5.41) is 2.90. The molecule has 29 heavy (non-hydrogen) atoms. The number of halogens is 1. The van der Waals surface area contributed by atoms with E-state index in [1.807, 2.05) is 13.8 Å². The number of aromatic nitrogens is 3. The van der Waals surface area contributed by atoms with Crippen LogP contribution >= 0.6 is 11.6 Å². The lowest BCUT2D eigenvalue weighted by Crippen LogP contribution is -2.29. The van der Waals surface area contributed by atoms with Gasteiger partial charge in [0.05, 0.1) is 13.3 Å². The van der Waals surface area contributed by atoms with Gasteiger partial charge in [-0.15, -0.1) is 0 Å². The van der Waals surface area contributed by atoms with Crippen LogP contribution in [0.5, 0.6) is 17.2 Å². The van der Waals surface area contributed by atoms with Gasteiger partial charge < -0.3 is 19.4 Å². The van der Waals surface area contributed by atoms with E-state index in [2.05, 4.69) is 15.3 Å². The Morgan fingerprint density at radius 1 is 1.21 bits per heavy atom. The van der Waals surface area contributed by atoms with Crippen molar-refractivity contribution in [3.05, 3.63) is 70.0 Å². The first-order valence-corrected chi connectivity index (χ1v) is 9.12. The van der Waals surface area contributed by atoms with Gasteiger partial charge in [0.2, 0.25) is 0 Å². The molecule has 0 aliphatic heterocycles. The second kappa shape index (κ2) is 8.74. The fraction of sp³-hybridized carbons (Fsp3) is 0.200. The molecule has 1 amide bonds. The number of pyridine rings is 3. The zero-order chi connectivity index (χ0) is 21.0. The summed E-state index contributed by atoms with van der Waals surface area (Å²) in [6, 6.07) is 7.81. The summed E-state index contributed by atoms with van der Waals surface area (Å²) < 4.78 is 12.5. The Kier molecular flexibility index (Phi) is 6.13. The maximum Gasteiger partial charge on any atom is 0.263 e. The van der Waals surface area contributed by atoms with Crippen LogP contribution in [-0.4, -0.2) is 27.6 Å². The molecule has 3 rings (SSSR count). The Labute approximate surface area is 172 Å². The average molecular weight is 415 g/mol. The van der Waals surface area contributed by atoms with Crippen LogP contribution in [0.1, 0.15) is 30.2 Å². The van der Waals surface area contributed by atoms with Crippen molar-refractivity contribution in [3.8, 4) is 17.2 Å². The van der Waals surface area contributed by atoms with Gasteiger partial charge in [-0.2, -0.15) is 0 Å². The fourth-order valence-corrected chi connectivity index (χ4v) is 2.74. The minimum Gasteiger partial charge on any atom is -0.493 e. The summed E-state index contributed by atoms with van der Waals surface area (Å²) in [5.41, 5.74) is -0.370. The molecule has 0 aromatic carbocycles. The van der Waals surface area contributed by atoms with Gasteiger partial charge in [-0.1, -0.05) is 11.6 Å². The summed E-state index contributed by atoms with van der Waals surface area (Å²) in [6.45, 7) is 3.73. The average Bonchev–Trinajstić information content (AvgIpc) is 2.69. The molecule has 8 nitrogen and oxygen atoms in total. The second-order valence-electron chi connectivity index (χ2n) is 6.32. The van der Waals surface area contributed by atoms with Crippen molar-refractivity contribution in [2.45, 2.75) is 19.9 Å². The maximum atomic E-state index is 12.6. The molecule has 0 spiro atoms. The van der Waals surface area contributed by atoms with Crippen molar-refractivity contribution in [1.29, 1.82) is 0 Å². The predicted molar refractivity (Wildman–Crippen MR) is 109 cm³/mol. The summed E-state index contributed by atoms with van der Waals surface area (Å²) in [4.78, 5) is 33.2. The third kappa shape index (κ3) is 4.72. The molecule has 0 aliphatic carbocycles. The molecule has 3 aromatic rings. The SMILES string of the molecule is COc1cc(Oc2ccnc(Cl)c2)cnc1NC(=O)c1cccn(C(C)C)c1=O. The molecule has 0 atom stereocenters. The first-order valence-electron chi connectivity index (χ1n) is 8.75. The van der Waals surface area contributed by atoms with E-state index in [0.29, 0.717) is 16.7 Å². The van der Waals surface area contributed by atoms with Gasteiger partial charge >= 0.3 is 0 Å². The highest BCUT2D eigenvalue weighted by atomic mass is 35.5. The molecule has 0 aliphatic rings. The zero-order valence-corrected chi connectivity index (χ0v) is 16.8. The van der Waals surface area contributed by atoms with Crippen LogP contribution in [0.15, 0.2) is 53.7 Å². The van der Waals surface area contributed by atoms with Gasteiger partial charge in [0.1, 0.15) is 22.2 Å². The Bertz CT molecular complexity index is 1100. The molecule has 0 saturated heterocycles. The summed E-state index contributed by atoms with van der Waals surface area (Å²) in [5.74, 6) is 0.714. The topological polar surface area (TPSA) is 95.3 Å². The van der Waals surface area contributed by atoms with Gasteiger partial charge in [-0.25, -0.2) is 9.97 Å². The number of nitrogens with zero attached hydrogens (tertiary/aromatic N) is 3. The highest BCUT2D eigenvalue weighted by molar-refractivity contribution is 6.29. The molecule has 3 aromatic heterocycles. The van der Waals surface area contributed by atoms with Crippen LogP contribution in [0.3, 0.4) is 0 Å². The van der Waals surface area contributed by atoms with E-state index in [9.17, 15) is 9.59 Å². The normalized spacial score (nSPS) is 10.7. The Balaban J connectivity index is 1.83. The van der Waals surface area contributed by atoms with Crippen molar-refractivity contribution >= 4 is 23.3 Å². The number of hydrogen-bond donors (Lipinski definition) is 1. The van der Waals surface area contributed by atoms with Gasteiger partial charge in [0, 0.05) is 30.6 Å². The third-order valence-electron chi connectivity index (χ3n) is 3.99. The highest BCUT2D eigenvalue weighted by Gasteiger charge is 2.17. The van der Waals surface area contributed by atoms with Crippen molar-refractivity contribution in [1.82, 2.24) is 14.5 Å². The van der Waals surface area contributed by atoms with Crippen LogP contribution in [0.4, 0.5) is 5.82 Å². The van der Waals surface area contributed by atoms with Crippen molar-refractivity contribution in [2.75, 3.05) is 12.4 Å². The smallest absolute Gasteiger partial charge is 0.263 e. The van der Waals surface area contributed by atoms with Crippen molar-refractivity contribution < 1.29 is 14.3 Å². The number of hydrogen-bond acceptors (Lipinski definition) is 6. The number of carbonyl (C=O) groups is 1. The molecule has 0 saturated carbocycles. The molecular weight excluding hydrogens is 396 g/mol. The van der Waals surface area contributed by atoms with Crippen LogP contribution in [0.2, 0.25) is 5.15 Å². The summed E-state index contributed by atoms with van der Waals surface area (Å²) in [7, 11) is 1.44. The highest BCUT2D eigenvalue weighted by Crippen LogP contribution is 2.30. The van der Waals surface area contributed by atoms with E-state index < -0.39 is 5.91 Å². The quantitative estimate of drug-likeness (QED) is 0.614. The maximum absolute atomic E-state index is 12.6. The fourth-order valence-electron chi connectivity index (χ4n) is 2.58. The van der Waals surface area contributed by atoms with Crippen molar-refractivity contribution in [3.63, 3.8) is 0 Å². The van der Waals surface area contributed by atoms with Crippen LogP contribution in [-0.2, 0) is 0 Å². The summed E-state index contributed by atoms with van der Waals surface area (Å²) >= 11 is 5.85. The van der Waals surface area contributed by atoms with E-state index in [1.165, 1.54) is 30.1 Å². The number of anilines is 1. The number of rotatable bonds is 6. The van der Waals surface area contributed by atoms with Gasteiger partial charge in [-0.3, -0.25) is 9.59 Å². The molecule has 0 fully saturated rings. The summed E-state index contributed by atoms with van der Waals surface area (Å²) in [6.07, 6.45) is 4.57. The molecule has 1 N–H and O–H groups in total. The van der Waals surface area contributed by atoms with Gasteiger partial charge in [0.15, 0.2) is 11.6 Å². The third-order valence-corrected chi connectivity index (χ3v) is 4.20. The van der Waals surface area contributed by atoms with Crippen LogP contribution in [0, 0.1) is 0 Å². The van der Waals surface area contributed by atoms with E-state index >= 15 is 0 Å². The minimum atomic E-state index is -0.578. The van der Waals surface area contributed by atoms with E-state index in [0.717, 1.165) is 0 Å². The van der Waals surface area contributed by atoms with Gasteiger partial charge in [0.25, 0.3) is 11.5 Å². The van der Waals surface area contributed by atoms with Gasteiger partial charge in [-0.05, 0) is 32.0 Å². The molecule has 3 heterocycles. The molecule has 0 unspecified atom stereocenters. The molecule has 150 valence electrons. The predicted octanol–water partition coefficient (Wildman–Crippen LogP) is 3.93. The molecule has 0 radical (unpaired) electrons. The molecule has 9 heteroatoms. The Hall–Kier alpha value is -3.39. The number of carbonyl (C=O) groups excluding carboxylic acids is 1. The lowest BCUT2D eigenvalue weighted by atomic mass is 10.2. The standard InChI is InChI=1S/C20H19ClN4O4/c1-12(2)25-8-4-5-15(20(25)27)19(26)24-18-16(28-3)9-14(11-23-18)29-13-6-7-22-17(21)10-13/h4-12H,1-3H3,(H,23,24,26). The Morgan fingerprint density at radius 2 is 2.00 bits per heavy atom. The lowest BCUT2D eigenvalue weighted by Gasteiger charge is -2.13. The molecular formula is C20H19ClN4O4. The van der Waals surface area contributed by atoms with E-state index in [4.69, 9.17) is 21.1 Å². The van der Waals surface area contributed by atoms with E-state index in [1.54, 1.807) is 30.5 Å². The number of amides is 1. The van der Waals surface area contributed by atoms with Crippen molar-refractivity contribution in [2.24, 2.45) is 0 Å². The number of methoxy groups -OCH3 is 1. The monoisotopic (exact) mass is 414 g/mol.